The minimum atomic E-state index is 0.593. The molecule has 3 heteroatoms. The predicted octanol–water partition coefficient (Wildman–Crippen LogP) is 2.69. The van der Waals surface area contributed by atoms with E-state index >= 15 is 0 Å². The van der Waals surface area contributed by atoms with E-state index in [0.29, 0.717) is 6.04 Å². The maximum Gasteiger partial charge on any atom is 0.117 e. The number of benzene rings is 1. The molecule has 0 bridgehead atoms. The lowest BCUT2D eigenvalue weighted by atomic mass is 10.1. The molecule has 1 aromatic carbocycles. The van der Waals surface area contributed by atoms with E-state index in [1.165, 1.54) is 18.5 Å². The molecule has 3 nitrogen and oxygen atoms in total. The zero-order chi connectivity index (χ0) is 13.6. The van der Waals surface area contributed by atoms with Crippen LogP contribution in [-0.4, -0.2) is 30.6 Å². The normalized spacial score (nSPS) is 19.5. The first-order chi connectivity index (χ1) is 9.90. The van der Waals surface area contributed by atoms with Gasteiger partial charge in [-0.25, -0.2) is 0 Å². The van der Waals surface area contributed by atoms with Crippen LogP contribution in [0, 0.1) is 0 Å². The van der Waals surface area contributed by atoms with E-state index in [4.69, 9.17) is 4.42 Å². The highest BCUT2D eigenvalue weighted by Crippen LogP contribution is 2.11. The van der Waals surface area contributed by atoms with Gasteiger partial charge in [0.15, 0.2) is 0 Å². The highest BCUT2D eigenvalue weighted by atomic mass is 16.3. The fourth-order valence-electron chi connectivity index (χ4n) is 2.79. The van der Waals surface area contributed by atoms with E-state index in [2.05, 4.69) is 40.5 Å². The van der Waals surface area contributed by atoms with E-state index in [0.717, 1.165) is 31.8 Å². The Morgan fingerprint density at radius 1 is 1.15 bits per heavy atom. The summed E-state index contributed by atoms with van der Waals surface area (Å²) in [6, 6.07) is 15.3. The molecule has 1 atom stereocenters. The minimum absolute atomic E-state index is 0.593. The molecule has 1 saturated heterocycles. The monoisotopic (exact) mass is 270 g/mol. The van der Waals surface area contributed by atoms with Crippen LogP contribution in [0.15, 0.2) is 53.1 Å². The van der Waals surface area contributed by atoms with Gasteiger partial charge < -0.3 is 14.6 Å². The van der Waals surface area contributed by atoms with E-state index in [-0.39, 0.29) is 0 Å². The van der Waals surface area contributed by atoms with Crippen molar-refractivity contribution in [2.24, 2.45) is 0 Å². The highest BCUT2D eigenvalue weighted by Gasteiger charge is 2.21. The number of hydrogen-bond acceptors (Lipinski definition) is 3. The molecule has 1 fully saturated rings. The van der Waals surface area contributed by atoms with Gasteiger partial charge in [0.05, 0.1) is 12.8 Å². The summed E-state index contributed by atoms with van der Waals surface area (Å²) in [6.45, 7) is 4.34. The lowest BCUT2D eigenvalue weighted by molar-refractivity contribution is 0.329. The minimum Gasteiger partial charge on any atom is -0.468 e. The Kier molecular flexibility index (Phi) is 4.51. The first-order valence-electron chi connectivity index (χ1n) is 7.42. The Labute approximate surface area is 120 Å². The van der Waals surface area contributed by atoms with Crippen molar-refractivity contribution in [3.8, 4) is 0 Å². The number of nitrogens with zero attached hydrogens (tertiary/aromatic N) is 1. The quantitative estimate of drug-likeness (QED) is 0.875. The first-order valence-corrected chi connectivity index (χ1v) is 7.42. The van der Waals surface area contributed by atoms with Gasteiger partial charge in [-0.05, 0) is 37.1 Å². The Hall–Kier alpha value is -1.58. The number of nitrogens with one attached hydrogen (secondary N) is 1. The van der Waals surface area contributed by atoms with Crippen LogP contribution in [0.4, 0.5) is 0 Å². The molecule has 1 aliphatic rings. The maximum atomic E-state index is 5.35. The molecular formula is C17H22N2O. The van der Waals surface area contributed by atoms with E-state index in [9.17, 15) is 0 Å². The fraction of sp³-hybridized carbons (Fsp3) is 0.412. The summed E-state index contributed by atoms with van der Waals surface area (Å²) in [7, 11) is 0. The topological polar surface area (TPSA) is 28.4 Å². The number of hydrogen-bond donors (Lipinski definition) is 1. The van der Waals surface area contributed by atoms with Crippen LogP contribution in [0.5, 0.6) is 0 Å². The van der Waals surface area contributed by atoms with Gasteiger partial charge in [0.25, 0.3) is 0 Å². The van der Waals surface area contributed by atoms with Crippen molar-refractivity contribution in [2.45, 2.75) is 25.4 Å². The first kappa shape index (κ1) is 13.4. The van der Waals surface area contributed by atoms with Crippen LogP contribution in [0.1, 0.15) is 17.7 Å². The van der Waals surface area contributed by atoms with Crippen molar-refractivity contribution in [1.29, 1.82) is 0 Å². The molecule has 0 amide bonds. The van der Waals surface area contributed by atoms with Gasteiger partial charge in [-0.2, -0.15) is 0 Å². The number of rotatable bonds is 6. The second-order valence-electron chi connectivity index (χ2n) is 5.48. The van der Waals surface area contributed by atoms with Gasteiger partial charge in [-0.3, -0.25) is 0 Å². The Balaban J connectivity index is 1.38. The highest BCUT2D eigenvalue weighted by molar-refractivity contribution is 5.14. The average molecular weight is 270 g/mol. The van der Waals surface area contributed by atoms with Gasteiger partial charge in [0, 0.05) is 19.1 Å². The molecule has 1 N–H and O–H groups in total. The third-order valence-corrected chi connectivity index (χ3v) is 3.98. The standard InChI is InChI=1S/C17H22N2O/c1-2-5-15(6-3-1)8-10-19-11-9-16(14-19)18-13-17-7-4-12-20-17/h1-7,12,16,18H,8-11,13-14H2. The molecule has 2 heterocycles. The number of likely N-dealkylation sites (tertiary alicyclic amines) is 1. The molecule has 3 rings (SSSR count). The molecule has 106 valence electrons. The summed E-state index contributed by atoms with van der Waals surface area (Å²) < 4.78 is 5.35. The summed E-state index contributed by atoms with van der Waals surface area (Å²) in [4.78, 5) is 2.55. The molecular weight excluding hydrogens is 248 g/mol. The van der Waals surface area contributed by atoms with E-state index in [1.807, 2.05) is 12.1 Å². The lowest BCUT2D eigenvalue weighted by Crippen LogP contribution is -2.32. The van der Waals surface area contributed by atoms with Crippen LogP contribution in [-0.2, 0) is 13.0 Å². The van der Waals surface area contributed by atoms with Crippen LogP contribution >= 0.6 is 0 Å². The summed E-state index contributed by atoms with van der Waals surface area (Å²) in [5.41, 5.74) is 1.43. The average Bonchev–Trinajstić information content (AvgIpc) is 3.16. The van der Waals surface area contributed by atoms with Crippen molar-refractivity contribution in [1.82, 2.24) is 10.2 Å². The molecule has 1 aromatic heterocycles. The van der Waals surface area contributed by atoms with Crippen molar-refractivity contribution < 1.29 is 4.42 Å². The molecule has 1 unspecified atom stereocenters. The molecule has 0 spiro atoms. The van der Waals surface area contributed by atoms with Gasteiger partial charge in [0.2, 0.25) is 0 Å². The predicted molar refractivity (Wildman–Crippen MR) is 80.5 cm³/mol. The van der Waals surface area contributed by atoms with E-state index < -0.39 is 0 Å². The van der Waals surface area contributed by atoms with Crippen molar-refractivity contribution >= 4 is 0 Å². The van der Waals surface area contributed by atoms with Gasteiger partial charge in [-0.1, -0.05) is 30.3 Å². The second-order valence-corrected chi connectivity index (χ2v) is 5.48. The third-order valence-electron chi connectivity index (χ3n) is 3.98. The maximum absolute atomic E-state index is 5.35. The zero-order valence-corrected chi connectivity index (χ0v) is 11.8. The molecule has 2 aromatic rings. The molecule has 0 aliphatic carbocycles. The van der Waals surface area contributed by atoms with Crippen LogP contribution in [0.3, 0.4) is 0 Å². The van der Waals surface area contributed by atoms with Crippen LogP contribution in [0.2, 0.25) is 0 Å². The summed E-state index contributed by atoms with van der Waals surface area (Å²) in [6.07, 6.45) is 4.11. The van der Waals surface area contributed by atoms with Gasteiger partial charge in [0.1, 0.15) is 5.76 Å². The lowest BCUT2D eigenvalue weighted by Gasteiger charge is -2.16. The second kappa shape index (κ2) is 6.73. The Morgan fingerprint density at radius 3 is 2.85 bits per heavy atom. The Morgan fingerprint density at radius 2 is 2.05 bits per heavy atom. The molecule has 0 saturated carbocycles. The smallest absolute Gasteiger partial charge is 0.117 e. The summed E-state index contributed by atoms with van der Waals surface area (Å²) >= 11 is 0. The largest absolute Gasteiger partial charge is 0.468 e. The van der Waals surface area contributed by atoms with Crippen molar-refractivity contribution in [3.63, 3.8) is 0 Å². The molecule has 0 radical (unpaired) electrons. The van der Waals surface area contributed by atoms with E-state index in [1.54, 1.807) is 6.26 Å². The van der Waals surface area contributed by atoms with Crippen molar-refractivity contribution in [3.05, 3.63) is 60.1 Å². The summed E-state index contributed by atoms with van der Waals surface area (Å²) in [5, 5.41) is 3.58. The number of furan rings is 1. The van der Waals surface area contributed by atoms with Gasteiger partial charge in [-0.15, -0.1) is 0 Å². The zero-order valence-electron chi connectivity index (χ0n) is 11.8. The van der Waals surface area contributed by atoms with Crippen LogP contribution < -0.4 is 5.32 Å². The SMILES string of the molecule is c1ccc(CCN2CCC(NCc3ccco3)C2)cc1. The Bertz CT molecular complexity index is 495. The molecule has 1 aliphatic heterocycles. The fourth-order valence-corrected chi connectivity index (χ4v) is 2.79. The summed E-state index contributed by atoms with van der Waals surface area (Å²) in [5.74, 6) is 1.02. The van der Waals surface area contributed by atoms with Crippen molar-refractivity contribution in [2.75, 3.05) is 19.6 Å². The molecule has 20 heavy (non-hydrogen) atoms. The van der Waals surface area contributed by atoms with Gasteiger partial charge >= 0.3 is 0 Å². The third kappa shape index (κ3) is 3.71. The van der Waals surface area contributed by atoms with Crippen LogP contribution in [0.25, 0.3) is 0 Å².